The molecule has 1 saturated heterocycles. The van der Waals surface area contributed by atoms with Crippen LogP contribution >= 0.6 is 0 Å². The summed E-state index contributed by atoms with van der Waals surface area (Å²) < 4.78 is 5.41. The minimum absolute atomic E-state index is 0.123. The van der Waals surface area contributed by atoms with E-state index >= 15 is 0 Å². The second kappa shape index (κ2) is 6.76. The van der Waals surface area contributed by atoms with E-state index in [9.17, 15) is 4.79 Å². The lowest BCUT2D eigenvalue weighted by molar-refractivity contribution is -0.00333. The van der Waals surface area contributed by atoms with Crippen molar-refractivity contribution in [1.82, 2.24) is 9.80 Å². The summed E-state index contributed by atoms with van der Waals surface area (Å²) in [4.78, 5) is 16.2. The number of rotatable bonds is 2. The lowest BCUT2D eigenvalue weighted by Gasteiger charge is -2.42. The van der Waals surface area contributed by atoms with Gasteiger partial charge in [0.05, 0.1) is 6.61 Å². The molecule has 0 aromatic heterocycles. The zero-order valence-electron chi connectivity index (χ0n) is 13.6. The number of β-amino-alcohol motifs (C(OH)–C–C–N with tert-alkyl or cyclic N) is 1. The van der Waals surface area contributed by atoms with E-state index in [2.05, 4.69) is 4.90 Å². The van der Waals surface area contributed by atoms with Crippen LogP contribution in [-0.4, -0.2) is 64.9 Å². The van der Waals surface area contributed by atoms with Crippen LogP contribution in [0, 0.1) is 0 Å². The molecule has 2 fully saturated rings. The van der Waals surface area contributed by atoms with Crippen LogP contribution in [0.2, 0.25) is 0 Å². The average molecular weight is 286 g/mol. The Bertz CT molecular complexity index is 322. The van der Waals surface area contributed by atoms with Gasteiger partial charge < -0.3 is 14.7 Å². The normalized spacial score (nSPS) is 21.2. The summed E-state index contributed by atoms with van der Waals surface area (Å²) in [7, 11) is 0. The Kier molecular flexibility index (Phi) is 5.83. The standard InChI is InChI=1S/C13H24N2O3.C2H6/c1-12(2,3)18-11(17)14-6-7-15(8-9-16)13(10-14)4-5-13;1-2/h16H,4-10H2,1-3H3;1-2H3. The van der Waals surface area contributed by atoms with E-state index in [-0.39, 0.29) is 18.2 Å². The molecule has 1 aliphatic carbocycles. The molecular weight excluding hydrogens is 256 g/mol. The summed E-state index contributed by atoms with van der Waals surface area (Å²) in [5.41, 5.74) is -0.312. The molecule has 0 radical (unpaired) electrons. The molecule has 2 aliphatic rings. The van der Waals surface area contributed by atoms with Crippen molar-refractivity contribution in [3.63, 3.8) is 0 Å². The minimum atomic E-state index is -0.434. The number of aliphatic hydroxyl groups excluding tert-OH is 1. The highest BCUT2D eigenvalue weighted by Gasteiger charge is 2.52. The van der Waals surface area contributed by atoms with Gasteiger partial charge in [0.25, 0.3) is 0 Å². The molecule has 5 nitrogen and oxygen atoms in total. The van der Waals surface area contributed by atoms with Gasteiger partial charge in [-0.15, -0.1) is 0 Å². The number of amides is 1. The van der Waals surface area contributed by atoms with Gasteiger partial charge in [0.15, 0.2) is 0 Å². The van der Waals surface area contributed by atoms with Gasteiger partial charge in [0.1, 0.15) is 5.60 Å². The van der Waals surface area contributed by atoms with E-state index < -0.39 is 5.60 Å². The van der Waals surface area contributed by atoms with Gasteiger partial charge in [-0.1, -0.05) is 13.8 Å². The second-order valence-corrected chi connectivity index (χ2v) is 6.34. The van der Waals surface area contributed by atoms with E-state index in [0.29, 0.717) is 13.1 Å². The van der Waals surface area contributed by atoms with Crippen LogP contribution in [-0.2, 0) is 4.74 Å². The van der Waals surface area contributed by atoms with Crippen LogP contribution in [0.5, 0.6) is 0 Å². The minimum Gasteiger partial charge on any atom is -0.444 e. The molecular formula is C15H30N2O3. The van der Waals surface area contributed by atoms with Crippen molar-refractivity contribution in [2.45, 2.75) is 58.6 Å². The molecule has 20 heavy (non-hydrogen) atoms. The number of hydrogen-bond donors (Lipinski definition) is 1. The van der Waals surface area contributed by atoms with Crippen LogP contribution in [0.3, 0.4) is 0 Å². The maximum absolute atomic E-state index is 12.0. The Hall–Kier alpha value is -0.810. The van der Waals surface area contributed by atoms with Gasteiger partial charge in [-0.2, -0.15) is 0 Å². The first-order valence-electron chi connectivity index (χ1n) is 7.70. The molecule has 0 atom stereocenters. The van der Waals surface area contributed by atoms with Crippen LogP contribution in [0.25, 0.3) is 0 Å². The second-order valence-electron chi connectivity index (χ2n) is 6.34. The molecule has 0 aromatic rings. The molecule has 0 unspecified atom stereocenters. The highest BCUT2D eigenvalue weighted by molar-refractivity contribution is 5.68. The molecule has 1 heterocycles. The molecule has 0 aromatic carbocycles. The molecule has 2 rings (SSSR count). The van der Waals surface area contributed by atoms with Crippen LogP contribution < -0.4 is 0 Å². The number of aliphatic hydroxyl groups is 1. The highest BCUT2D eigenvalue weighted by Crippen LogP contribution is 2.44. The van der Waals surface area contributed by atoms with E-state index in [1.165, 1.54) is 0 Å². The first kappa shape index (κ1) is 17.2. The summed E-state index contributed by atoms with van der Waals surface area (Å²) >= 11 is 0. The summed E-state index contributed by atoms with van der Waals surface area (Å²) in [6, 6.07) is 0. The van der Waals surface area contributed by atoms with Gasteiger partial charge in [-0.05, 0) is 33.6 Å². The fourth-order valence-corrected chi connectivity index (χ4v) is 2.58. The topological polar surface area (TPSA) is 53.0 Å². The maximum Gasteiger partial charge on any atom is 0.410 e. The number of carbonyl (C=O) groups is 1. The van der Waals surface area contributed by atoms with E-state index in [1.807, 2.05) is 39.5 Å². The van der Waals surface area contributed by atoms with Gasteiger partial charge in [0.2, 0.25) is 0 Å². The van der Waals surface area contributed by atoms with E-state index in [1.54, 1.807) is 0 Å². The van der Waals surface area contributed by atoms with Gasteiger partial charge in [-0.25, -0.2) is 4.79 Å². The van der Waals surface area contributed by atoms with Crippen molar-refractivity contribution in [3.05, 3.63) is 0 Å². The quantitative estimate of drug-likeness (QED) is 0.844. The smallest absolute Gasteiger partial charge is 0.410 e. The number of piperazine rings is 1. The fraction of sp³-hybridized carbons (Fsp3) is 0.933. The van der Waals surface area contributed by atoms with Gasteiger partial charge in [0, 0.05) is 31.7 Å². The van der Waals surface area contributed by atoms with Crippen molar-refractivity contribution in [2.75, 3.05) is 32.8 Å². The van der Waals surface area contributed by atoms with Crippen molar-refractivity contribution in [3.8, 4) is 0 Å². The number of ether oxygens (including phenoxy) is 1. The molecule has 5 heteroatoms. The molecule has 1 saturated carbocycles. The Labute approximate surface area is 122 Å². The Morgan fingerprint density at radius 1 is 1.25 bits per heavy atom. The first-order chi connectivity index (χ1) is 9.36. The highest BCUT2D eigenvalue weighted by atomic mass is 16.6. The molecule has 1 spiro atoms. The third kappa shape index (κ3) is 4.35. The fourth-order valence-electron chi connectivity index (χ4n) is 2.58. The molecule has 118 valence electrons. The molecule has 1 amide bonds. The lowest BCUT2D eigenvalue weighted by atomic mass is 10.1. The Morgan fingerprint density at radius 2 is 1.85 bits per heavy atom. The average Bonchev–Trinajstić information content (AvgIpc) is 3.13. The van der Waals surface area contributed by atoms with Crippen LogP contribution in [0.15, 0.2) is 0 Å². The van der Waals surface area contributed by atoms with Crippen molar-refractivity contribution >= 4 is 6.09 Å². The first-order valence-corrected chi connectivity index (χ1v) is 7.70. The summed E-state index contributed by atoms with van der Waals surface area (Å²) in [6.45, 7) is 12.8. The lowest BCUT2D eigenvalue weighted by Crippen LogP contribution is -2.57. The Balaban J connectivity index is 0.000000956. The predicted octanol–water partition coefficient (Wildman–Crippen LogP) is 2.09. The molecule has 0 bridgehead atoms. The van der Waals surface area contributed by atoms with Crippen LogP contribution in [0.1, 0.15) is 47.5 Å². The predicted molar refractivity (Wildman–Crippen MR) is 79.8 cm³/mol. The monoisotopic (exact) mass is 286 g/mol. The summed E-state index contributed by atoms with van der Waals surface area (Å²) in [5, 5.41) is 9.06. The largest absolute Gasteiger partial charge is 0.444 e. The third-order valence-electron chi connectivity index (χ3n) is 3.64. The Morgan fingerprint density at radius 3 is 2.30 bits per heavy atom. The van der Waals surface area contributed by atoms with Gasteiger partial charge >= 0.3 is 6.09 Å². The number of carbonyl (C=O) groups excluding carboxylic acids is 1. The summed E-state index contributed by atoms with van der Waals surface area (Å²) in [5.74, 6) is 0. The zero-order valence-corrected chi connectivity index (χ0v) is 13.6. The summed E-state index contributed by atoms with van der Waals surface area (Å²) in [6.07, 6.45) is 2.02. The zero-order chi connectivity index (χ0) is 15.4. The number of hydrogen-bond acceptors (Lipinski definition) is 4. The number of nitrogens with zero attached hydrogens (tertiary/aromatic N) is 2. The third-order valence-corrected chi connectivity index (χ3v) is 3.64. The van der Waals surface area contributed by atoms with Crippen molar-refractivity contribution in [2.24, 2.45) is 0 Å². The molecule has 1 aliphatic heterocycles. The van der Waals surface area contributed by atoms with E-state index in [0.717, 1.165) is 25.9 Å². The van der Waals surface area contributed by atoms with Gasteiger partial charge in [-0.3, -0.25) is 4.90 Å². The maximum atomic E-state index is 12.0. The van der Waals surface area contributed by atoms with Crippen molar-refractivity contribution in [1.29, 1.82) is 0 Å². The SMILES string of the molecule is CC.CC(C)(C)OC(=O)N1CCN(CCO)C2(CC2)C1. The van der Waals surface area contributed by atoms with E-state index in [4.69, 9.17) is 9.84 Å². The molecule has 1 N–H and O–H groups in total. The van der Waals surface area contributed by atoms with Crippen molar-refractivity contribution < 1.29 is 14.6 Å². The van der Waals surface area contributed by atoms with Crippen LogP contribution in [0.4, 0.5) is 4.79 Å².